The Morgan fingerprint density at radius 1 is 1.23 bits per heavy atom. The van der Waals surface area contributed by atoms with E-state index in [0.29, 0.717) is 11.6 Å². The van der Waals surface area contributed by atoms with Crippen LogP contribution in [0.4, 0.5) is 16.2 Å². The van der Waals surface area contributed by atoms with Crippen LogP contribution in [0.2, 0.25) is 5.02 Å². The molecule has 2 aliphatic rings. The first-order valence-corrected chi connectivity index (χ1v) is 11.7. The topological polar surface area (TPSA) is 73.6 Å². The molecule has 2 unspecified atom stereocenters. The highest BCUT2D eigenvalue weighted by Crippen LogP contribution is 2.49. The number of thioether (sulfide) groups is 1. The molecule has 2 amide bonds. The van der Waals surface area contributed by atoms with E-state index in [2.05, 4.69) is 33.4 Å². The average molecular weight is 446 g/mol. The second kappa shape index (κ2) is 9.47. The molecule has 1 fully saturated rings. The van der Waals surface area contributed by atoms with Gasteiger partial charge in [-0.05, 0) is 49.7 Å². The average Bonchev–Trinajstić information content (AvgIpc) is 3.10. The molecular weight excluding hydrogens is 418 g/mol. The molecule has 2 atom stereocenters. The number of amides is 2. The van der Waals surface area contributed by atoms with Crippen molar-refractivity contribution in [2.75, 3.05) is 24.5 Å². The van der Waals surface area contributed by atoms with Crippen molar-refractivity contribution in [2.45, 2.75) is 42.7 Å². The van der Waals surface area contributed by atoms with Crippen molar-refractivity contribution in [2.24, 2.45) is 5.73 Å². The molecule has 2 aliphatic heterocycles. The number of likely N-dealkylation sites (N-methyl/N-ethyl adjacent to an activating group) is 1. The summed E-state index contributed by atoms with van der Waals surface area (Å²) in [5.74, 6) is 0. The fourth-order valence-corrected chi connectivity index (χ4v) is 5.64. The zero-order valence-electron chi connectivity index (χ0n) is 17.1. The molecule has 2 aromatic rings. The zero-order valence-corrected chi connectivity index (χ0v) is 18.7. The first kappa shape index (κ1) is 21.3. The summed E-state index contributed by atoms with van der Waals surface area (Å²) < 4.78 is 0. The SMILES string of the molecule is CCN1CCCC(NC(=O)NC2Sc3ccccc3N2c2c(Cl)cccc2CN)C1. The lowest BCUT2D eigenvalue weighted by molar-refractivity contribution is 0.192. The van der Waals surface area contributed by atoms with Crippen molar-refractivity contribution in [3.05, 3.63) is 53.1 Å². The van der Waals surface area contributed by atoms with Gasteiger partial charge in [0.2, 0.25) is 0 Å². The van der Waals surface area contributed by atoms with Gasteiger partial charge in [-0.15, -0.1) is 0 Å². The van der Waals surface area contributed by atoms with Crippen LogP contribution in [0.15, 0.2) is 47.4 Å². The number of piperidine rings is 1. The molecule has 0 aromatic heterocycles. The molecule has 4 N–H and O–H groups in total. The van der Waals surface area contributed by atoms with Crippen LogP contribution in [-0.2, 0) is 6.54 Å². The lowest BCUT2D eigenvalue weighted by Gasteiger charge is -2.33. The Bertz CT molecular complexity index is 911. The van der Waals surface area contributed by atoms with Crippen molar-refractivity contribution in [1.29, 1.82) is 0 Å². The van der Waals surface area contributed by atoms with E-state index in [-0.39, 0.29) is 17.6 Å². The Morgan fingerprint density at radius 2 is 2.07 bits per heavy atom. The van der Waals surface area contributed by atoms with Crippen LogP contribution in [-0.4, -0.2) is 42.1 Å². The fraction of sp³-hybridized carbons (Fsp3) is 0.409. The van der Waals surface area contributed by atoms with Gasteiger partial charge in [0, 0.05) is 24.0 Å². The number of nitrogens with two attached hydrogens (primary N) is 1. The van der Waals surface area contributed by atoms with Crippen molar-refractivity contribution < 1.29 is 4.79 Å². The number of nitrogens with one attached hydrogen (secondary N) is 2. The van der Waals surface area contributed by atoms with Crippen molar-refractivity contribution in [3.8, 4) is 0 Å². The van der Waals surface area contributed by atoms with E-state index in [1.165, 1.54) is 0 Å². The van der Waals surface area contributed by atoms with Gasteiger partial charge in [-0.1, -0.05) is 54.6 Å². The molecule has 160 valence electrons. The largest absolute Gasteiger partial charge is 0.334 e. The number of hydrogen-bond donors (Lipinski definition) is 3. The summed E-state index contributed by atoms with van der Waals surface area (Å²) in [5.41, 5.74) is 8.51. The van der Waals surface area contributed by atoms with Gasteiger partial charge in [0.1, 0.15) is 0 Å². The summed E-state index contributed by atoms with van der Waals surface area (Å²) >= 11 is 8.21. The van der Waals surface area contributed by atoms with E-state index in [1.54, 1.807) is 11.8 Å². The molecule has 0 saturated carbocycles. The predicted molar refractivity (Wildman–Crippen MR) is 124 cm³/mol. The zero-order chi connectivity index (χ0) is 21.1. The molecule has 0 spiro atoms. The van der Waals surface area contributed by atoms with Crippen molar-refractivity contribution in [3.63, 3.8) is 0 Å². The lowest BCUT2D eigenvalue weighted by Crippen LogP contribution is -2.53. The number of urea groups is 1. The summed E-state index contributed by atoms with van der Waals surface area (Å²) in [6.45, 7) is 5.54. The van der Waals surface area contributed by atoms with Gasteiger partial charge in [-0.2, -0.15) is 0 Å². The quantitative estimate of drug-likeness (QED) is 0.645. The minimum Gasteiger partial charge on any atom is -0.334 e. The molecule has 6 nitrogen and oxygen atoms in total. The maximum atomic E-state index is 12.9. The molecule has 30 heavy (non-hydrogen) atoms. The van der Waals surface area contributed by atoms with Crippen LogP contribution in [0.1, 0.15) is 25.3 Å². The second-order valence-electron chi connectivity index (χ2n) is 7.61. The maximum absolute atomic E-state index is 12.9. The fourth-order valence-electron chi connectivity index (χ4n) is 4.18. The highest BCUT2D eigenvalue weighted by molar-refractivity contribution is 8.00. The van der Waals surface area contributed by atoms with E-state index in [9.17, 15) is 4.79 Å². The van der Waals surface area contributed by atoms with Gasteiger partial charge >= 0.3 is 6.03 Å². The third kappa shape index (κ3) is 4.39. The molecule has 0 bridgehead atoms. The number of likely N-dealkylation sites (tertiary alicyclic amines) is 1. The summed E-state index contributed by atoms with van der Waals surface area (Å²) in [6.07, 6.45) is 2.11. The number of halogens is 1. The van der Waals surface area contributed by atoms with Gasteiger partial charge in [0.15, 0.2) is 5.50 Å². The van der Waals surface area contributed by atoms with Gasteiger partial charge < -0.3 is 26.2 Å². The highest BCUT2D eigenvalue weighted by atomic mass is 35.5. The molecule has 2 aromatic carbocycles. The van der Waals surface area contributed by atoms with Crippen LogP contribution in [0, 0.1) is 0 Å². The number of para-hydroxylation sites is 2. The Hall–Kier alpha value is -1.93. The predicted octanol–water partition coefficient (Wildman–Crippen LogP) is 4.11. The molecule has 4 rings (SSSR count). The minimum absolute atomic E-state index is 0.158. The number of nitrogens with zero attached hydrogens (tertiary/aromatic N) is 2. The number of rotatable bonds is 5. The van der Waals surface area contributed by atoms with Crippen LogP contribution >= 0.6 is 23.4 Å². The third-order valence-electron chi connectivity index (χ3n) is 5.67. The third-order valence-corrected chi connectivity index (χ3v) is 7.13. The summed E-state index contributed by atoms with van der Waals surface area (Å²) in [4.78, 5) is 18.4. The number of benzene rings is 2. The van der Waals surface area contributed by atoms with E-state index >= 15 is 0 Å². The lowest BCUT2D eigenvalue weighted by atomic mass is 10.1. The van der Waals surface area contributed by atoms with E-state index < -0.39 is 0 Å². The number of hydrogen-bond acceptors (Lipinski definition) is 5. The van der Waals surface area contributed by atoms with Crippen LogP contribution in [0.5, 0.6) is 0 Å². The Balaban J connectivity index is 1.56. The number of carbonyl (C=O) groups excluding carboxylic acids is 1. The van der Waals surface area contributed by atoms with E-state index in [0.717, 1.165) is 54.3 Å². The van der Waals surface area contributed by atoms with Gasteiger partial charge in [0.05, 0.1) is 16.4 Å². The molecule has 0 radical (unpaired) electrons. The number of anilines is 2. The standard InChI is InChI=1S/C22H28ClN5OS/c1-2-27-12-6-8-16(14-27)25-21(29)26-22-28(18-10-3-4-11-19(18)30-22)20-15(13-24)7-5-9-17(20)23/h3-5,7,9-11,16,22H,2,6,8,12-14,24H2,1H3,(H2,25,26,29). The summed E-state index contributed by atoms with van der Waals surface area (Å²) in [7, 11) is 0. The van der Waals surface area contributed by atoms with Crippen molar-refractivity contribution in [1.82, 2.24) is 15.5 Å². The van der Waals surface area contributed by atoms with Crippen molar-refractivity contribution >= 4 is 40.8 Å². The van der Waals surface area contributed by atoms with Crippen LogP contribution in [0.3, 0.4) is 0 Å². The monoisotopic (exact) mass is 445 g/mol. The molecule has 8 heteroatoms. The van der Waals surface area contributed by atoms with Crippen LogP contribution in [0.25, 0.3) is 0 Å². The van der Waals surface area contributed by atoms with Crippen LogP contribution < -0.4 is 21.3 Å². The van der Waals surface area contributed by atoms with Gasteiger partial charge in [0.25, 0.3) is 0 Å². The maximum Gasteiger partial charge on any atom is 0.317 e. The van der Waals surface area contributed by atoms with Gasteiger partial charge in [-0.25, -0.2) is 4.79 Å². The van der Waals surface area contributed by atoms with Gasteiger partial charge in [-0.3, -0.25) is 0 Å². The highest BCUT2D eigenvalue weighted by Gasteiger charge is 2.35. The number of carbonyl (C=O) groups is 1. The van der Waals surface area contributed by atoms with E-state index in [4.69, 9.17) is 17.3 Å². The molecule has 0 aliphatic carbocycles. The smallest absolute Gasteiger partial charge is 0.317 e. The Labute approximate surface area is 187 Å². The summed E-state index contributed by atoms with van der Waals surface area (Å²) in [5, 5.41) is 6.94. The second-order valence-corrected chi connectivity index (χ2v) is 9.14. The normalized spacial score (nSPS) is 21.4. The summed E-state index contributed by atoms with van der Waals surface area (Å²) in [6, 6.07) is 13.9. The van der Waals surface area contributed by atoms with E-state index in [1.807, 2.05) is 36.4 Å². The molecular formula is C22H28ClN5OS. The molecule has 2 heterocycles. The molecule has 1 saturated heterocycles. The Kier molecular flexibility index (Phi) is 6.73. The Morgan fingerprint density at radius 3 is 2.87 bits per heavy atom. The minimum atomic E-state index is -0.307. The first-order valence-electron chi connectivity index (χ1n) is 10.4. The first-order chi connectivity index (χ1) is 14.6. The number of fused-ring (bicyclic) bond motifs is 1.